The van der Waals surface area contributed by atoms with Gasteiger partial charge in [-0.05, 0) is 6.92 Å². The molecule has 0 aliphatic carbocycles. The summed E-state index contributed by atoms with van der Waals surface area (Å²) in [6.45, 7) is 5.94. The largest absolute Gasteiger partial charge is 0.346 e. The van der Waals surface area contributed by atoms with Crippen LogP contribution in [0.5, 0.6) is 0 Å². The van der Waals surface area contributed by atoms with E-state index >= 15 is 0 Å². The monoisotopic (exact) mass is 166 g/mol. The fraction of sp³-hybridized carbons (Fsp3) is 0.286. The van der Waals surface area contributed by atoms with Crippen LogP contribution in [0.3, 0.4) is 0 Å². The van der Waals surface area contributed by atoms with Crippen LogP contribution in [0.4, 0.5) is 0 Å². The van der Waals surface area contributed by atoms with Crippen LogP contribution in [0.1, 0.15) is 17.5 Å². The lowest BCUT2D eigenvalue weighted by atomic mass is 10.3. The molecule has 1 amide bonds. The normalized spacial score (nSPS) is 9.42. The Bertz CT molecular complexity index is 278. The Labute approximate surface area is 69.9 Å². The zero-order chi connectivity index (χ0) is 8.97. The topological polar surface area (TPSA) is 70.7 Å². The lowest BCUT2D eigenvalue weighted by molar-refractivity contribution is 0.0947. The lowest BCUT2D eigenvalue weighted by Gasteiger charge is -2.00. The molecule has 1 aromatic rings. The van der Waals surface area contributed by atoms with Crippen molar-refractivity contribution in [3.05, 3.63) is 24.3 Å². The number of carbonyl (C=O) groups excluding carboxylic acids is 1. The summed E-state index contributed by atoms with van der Waals surface area (Å²) in [5.74, 6) is -0.0493. The first kappa shape index (κ1) is 8.45. The van der Waals surface area contributed by atoms with E-state index in [4.69, 9.17) is 0 Å². The first-order chi connectivity index (χ1) is 5.70. The summed E-state index contributed by atoms with van der Waals surface area (Å²) in [7, 11) is 0. The van der Waals surface area contributed by atoms with Crippen molar-refractivity contribution >= 4 is 5.91 Å². The number of amides is 1. The number of nitrogens with zero attached hydrogens (tertiary/aromatic N) is 2. The molecule has 12 heavy (non-hydrogen) atoms. The Morgan fingerprint density at radius 3 is 3.08 bits per heavy atom. The summed E-state index contributed by atoms with van der Waals surface area (Å²) >= 11 is 0. The summed E-state index contributed by atoms with van der Waals surface area (Å²) in [6.07, 6.45) is 1.29. The molecule has 5 nitrogen and oxygen atoms in total. The highest BCUT2D eigenvalue weighted by molar-refractivity contribution is 5.90. The number of carbonyl (C=O) groups is 1. The van der Waals surface area contributed by atoms with Gasteiger partial charge in [-0.2, -0.15) is 5.10 Å². The first-order valence-electron chi connectivity index (χ1n) is 3.48. The number of aromatic nitrogens is 3. The van der Waals surface area contributed by atoms with Crippen molar-refractivity contribution in [1.29, 1.82) is 0 Å². The molecule has 0 unspecified atom stereocenters. The minimum Gasteiger partial charge on any atom is -0.346 e. The summed E-state index contributed by atoms with van der Waals surface area (Å²) in [5, 5.41) is 8.62. The van der Waals surface area contributed by atoms with Crippen LogP contribution in [0.25, 0.3) is 0 Å². The third-order valence-corrected chi connectivity index (χ3v) is 1.18. The third kappa shape index (κ3) is 2.19. The Morgan fingerprint density at radius 1 is 1.83 bits per heavy atom. The fourth-order valence-electron chi connectivity index (χ4n) is 0.630. The molecule has 0 aromatic carbocycles. The van der Waals surface area contributed by atoms with Crippen LogP contribution >= 0.6 is 0 Å². The van der Waals surface area contributed by atoms with Gasteiger partial charge >= 0.3 is 0 Å². The number of H-pyrrole nitrogens is 1. The maximum absolute atomic E-state index is 11.1. The second-order valence-electron chi connectivity index (χ2n) is 2.47. The van der Waals surface area contributed by atoms with E-state index in [2.05, 4.69) is 27.1 Å². The number of hydrogen-bond acceptors (Lipinski definition) is 3. The second kappa shape index (κ2) is 3.66. The molecular formula is C7H10N4O. The van der Waals surface area contributed by atoms with Gasteiger partial charge in [0.2, 0.25) is 5.82 Å². The van der Waals surface area contributed by atoms with E-state index < -0.39 is 0 Å². The smallest absolute Gasteiger partial charge is 0.288 e. The first-order valence-corrected chi connectivity index (χ1v) is 3.48. The van der Waals surface area contributed by atoms with Gasteiger partial charge in [0, 0.05) is 6.54 Å². The third-order valence-electron chi connectivity index (χ3n) is 1.18. The minimum absolute atomic E-state index is 0.219. The lowest BCUT2D eigenvalue weighted by Crippen LogP contribution is -2.25. The highest BCUT2D eigenvalue weighted by atomic mass is 16.2. The maximum Gasteiger partial charge on any atom is 0.288 e. The number of nitrogens with one attached hydrogen (secondary N) is 2. The van der Waals surface area contributed by atoms with Gasteiger partial charge in [-0.3, -0.25) is 9.89 Å². The quantitative estimate of drug-likeness (QED) is 0.626. The highest BCUT2D eigenvalue weighted by Crippen LogP contribution is 1.87. The van der Waals surface area contributed by atoms with Crippen LogP contribution in [0.15, 0.2) is 18.5 Å². The van der Waals surface area contributed by atoms with E-state index in [9.17, 15) is 4.79 Å². The van der Waals surface area contributed by atoms with Crippen molar-refractivity contribution in [1.82, 2.24) is 20.5 Å². The van der Waals surface area contributed by atoms with Crippen LogP contribution in [0.2, 0.25) is 0 Å². The molecule has 5 heteroatoms. The van der Waals surface area contributed by atoms with Gasteiger partial charge in [-0.1, -0.05) is 12.2 Å². The molecule has 1 aromatic heterocycles. The molecule has 64 valence electrons. The van der Waals surface area contributed by atoms with Gasteiger partial charge in [0.1, 0.15) is 6.33 Å². The van der Waals surface area contributed by atoms with Gasteiger partial charge in [-0.25, -0.2) is 4.98 Å². The van der Waals surface area contributed by atoms with Gasteiger partial charge in [-0.15, -0.1) is 0 Å². The number of aromatic amines is 1. The van der Waals surface area contributed by atoms with Crippen molar-refractivity contribution in [3.63, 3.8) is 0 Å². The average Bonchev–Trinajstić information content (AvgIpc) is 2.51. The van der Waals surface area contributed by atoms with E-state index in [0.29, 0.717) is 6.54 Å². The predicted molar refractivity (Wildman–Crippen MR) is 43.5 cm³/mol. The Morgan fingerprint density at radius 2 is 2.58 bits per heavy atom. The molecule has 0 aliphatic heterocycles. The zero-order valence-corrected chi connectivity index (χ0v) is 6.79. The number of rotatable bonds is 3. The van der Waals surface area contributed by atoms with E-state index in [0.717, 1.165) is 5.57 Å². The van der Waals surface area contributed by atoms with Gasteiger partial charge in [0.25, 0.3) is 5.91 Å². The molecule has 0 bridgehead atoms. The molecule has 0 fully saturated rings. The van der Waals surface area contributed by atoms with Crippen molar-refractivity contribution in [2.75, 3.05) is 6.54 Å². The zero-order valence-electron chi connectivity index (χ0n) is 6.79. The summed E-state index contributed by atoms with van der Waals surface area (Å²) < 4.78 is 0. The van der Waals surface area contributed by atoms with Crippen LogP contribution in [0, 0.1) is 0 Å². The van der Waals surface area contributed by atoms with Crippen LogP contribution in [-0.4, -0.2) is 27.6 Å². The van der Waals surface area contributed by atoms with Gasteiger partial charge < -0.3 is 5.32 Å². The van der Waals surface area contributed by atoms with Gasteiger partial charge in [0.05, 0.1) is 0 Å². The molecule has 1 rings (SSSR count). The van der Waals surface area contributed by atoms with Crippen molar-refractivity contribution in [3.8, 4) is 0 Å². The number of hydrogen-bond donors (Lipinski definition) is 2. The maximum atomic E-state index is 11.1. The predicted octanol–water partition coefficient (Wildman–Crippen LogP) is 0.111. The highest BCUT2D eigenvalue weighted by Gasteiger charge is 2.06. The van der Waals surface area contributed by atoms with Crippen LogP contribution in [-0.2, 0) is 0 Å². The Kier molecular flexibility index (Phi) is 2.57. The molecule has 0 aliphatic rings. The Hall–Kier alpha value is -1.65. The van der Waals surface area contributed by atoms with Crippen molar-refractivity contribution in [2.24, 2.45) is 0 Å². The molecule has 1 heterocycles. The average molecular weight is 166 g/mol. The van der Waals surface area contributed by atoms with E-state index in [-0.39, 0.29) is 11.7 Å². The van der Waals surface area contributed by atoms with Crippen LogP contribution < -0.4 is 5.32 Å². The molecule has 0 saturated heterocycles. The SMILES string of the molecule is C=C(C)CNC(=O)c1ncn[nH]1. The summed E-state index contributed by atoms with van der Waals surface area (Å²) in [5.41, 5.74) is 0.892. The van der Waals surface area contributed by atoms with Gasteiger partial charge in [0.15, 0.2) is 0 Å². The molecule has 0 saturated carbocycles. The van der Waals surface area contributed by atoms with E-state index in [1.807, 2.05) is 6.92 Å². The van der Waals surface area contributed by atoms with E-state index in [1.165, 1.54) is 6.33 Å². The Balaban J connectivity index is 2.45. The summed E-state index contributed by atoms with van der Waals surface area (Å²) in [6, 6.07) is 0. The van der Waals surface area contributed by atoms with Crippen molar-refractivity contribution in [2.45, 2.75) is 6.92 Å². The molecule has 0 radical (unpaired) electrons. The summed E-state index contributed by atoms with van der Waals surface area (Å²) in [4.78, 5) is 14.8. The molecule has 0 atom stereocenters. The second-order valence-corrected chi connectivity index (χ2v) is 2.47. The molecular weight excluding hydrogens is 156 g/mol. The fourth-order valence-corrected chi connectivity index (χ4v) is 0.630. The minimum atomic E-state index is -0.268. The standard InChI is InChI=1S/C7H10N4O/c1-5(2)3-8-7(12)6-9-4-10-11-6/h4H,1,3H2,2H3,(H,8,12)(H,9,10,11). The van der Waals surface area contributed by atoms with Crippen molar-refractivity contribution < 1.29 is 4.79 Å². The molecule has 2 N–H and O–H groups in total. The van der Waals surface area contributed by atoms with E-state index in [1.54, 1.807) is 0 Å². The molecule has 0 spiro atoms.